The van der Waals surface area contributed by atoms with Crippen molar-refractivity contribution in [3.05, 3.63) is 66.2 Å². The highest BCUT2D eigenvalue weighted by atomic mass is 19.1. The molecule has 1 aromatic carbocycles. The Morgan fingerprint density at radius 3 is 2.47 bits per heavy atom. The molecule has 3 heterocycles. The van der Waals surface area contributed by atoms with Gasteiger partial charge in [0.05, 0.1) is 37.8 Å². The van der Waals surface area contributed by atoms with E-state index in [1.807, 2.05) is 37.3 Å². The molecule has 9 nitrogen and oxygen atoms in total. The molecule has 10 heteroatoms. The third kappa shape index (κ3) is 4.91. The molecule has 0 radical (unpaired) electrons. The molecule has 0 spiro atoms. The predicted molar refractivity (Wildman–Crippen MR) is 119 cm³/mol. The van der Waals surface area contributed by atoms with Crippen LogP contribution in [-0.2, 0) is 0 Å². The number of nitrogens with zero attached hydrogens (tertiary/aromatic N) is 4. The highest BCUT2D eigenvalue weighted by Gasteiger charge is 2.13. The van der Waals surface area contributed by atoms with Gasteiger partial charge in [0.2, 0.25) is 11.8 Å². The maximum atomic E-state index is 13.2. The van der Waals surface area contributed by atoms with Crippen molar-refractivity contribution >= 4 is 17.6 Å². The van der Waals surface area contributed by atoms with Crippen LogP contribution >= 0.6 is 0 Å². The average Bonchev–Trinajstić information content (AvgIpc) is 3.27. The molecule has 0 unspecified atom stereocenters. The molecule has 32 heavy (non-hydrogen) atoms. The van der Waals surface area contributed by atoms with Gasteiger partial charge >= 0.3 is 0 Å². The van der Waals surface area contributed by atoms with E-state index in [2.05, 4.69) is 35.8 Å². The van der Waals surface area contributed by atoms with Crippen molar-refractivity contribution in [2.45, 2.75) is 13.0 Å². The molecule has 0 saturated carbocycles. The number of nitrogens with one attached hydrogen (secondary N) is 3. The van der Waals surface area contributed by atoms with Crippen LogP contribution in [0.5, 0.6) is 11.6 Å². The number of hydrogen-bond donors (Lipinski definition) is 3. The summed E-state index contributed by atoms with van der Waals surface area (Å²) in [5.74, 6) is 2.34. The predicted octanol–water partition coefficient (Wildman–Crippen LogP) is 4.33. The third-order valence-electron chi connectivity index (χ3n) is 4.68. The second-order valence-corrected chi connectivity index (χ2v) is 6.91. The number of rotatable bonds is 8. The minimum atomic E-state index is -0.389. The van der Waals surface area contributed by atoms with Crippen molar-refractivity contribution in [1.29, 1.82) is 0 Å². The Labute approximate surface area is 184 Å². The van der Waals surface area contributed by atoms with Gasteiger partial charge in [-0.25, -0.2) is 9.37 Å². The fourth-order valence-electron chi connectivity index (χ4n) is 3.01. The first-order chi connectivity index (χ1) is 15.5. The summed E-state index contributed by atoms with van der Waals surface area (Å²) in [6, 6.07) is 13.8. The van der Waals surface area contributed by atoms with E-state index < -0.39 is 0 Å². The third-order valence-corrected chi connectivity index (χ3v) is 4.68. The van der Waals surface area contributed by atoms with E-state index in [1.165, 1.54) is 12.3 Å². The van der Waals surface area contributed by atoms with Crippen LogP contribution in [0.1, 0.15) is 18.7 Å². The molecule has 0 saturated heterocycles. The quantitative estimate of drug-likeness (QED) is 0.375. The van der Waals surface area contributed by atoms with E-state index in [0.717, 1.165) is 11.3 Å². The van der Waals surface area contributed by atoms with Crippen molar-refractivity contribution in [2.75, 3.05) is 24.9 Å². The summed E-state index contributed by atoms with van der Waals surface area (Å²) in [4.78, 5) is 13.3. The Morgan fingerprint density at radius 1 is 1.00 bits per heavy atom. The van der Waals surface area contributed by atoms with Gasteiger partial charge in [-0.15, -0.1) is 5.10 Å². The van der Waals surface area contributed by atoms with Crippen LogP contribution < -0.4 is 20.1 Å². The lowest BCUT2D eigenvalue weighted by Gasteiger charge is -2.15. The van der Waals surface area contributed by atoms with E-state index in [4.69, 9.17) is 9.47 Å². The second kappa shape index (κ2) is 9.29. The van der Waals surface area contributed by atoms with Crippen molar-refractivity contribution in [2.24, 2.45) is 0 Å². The van der Waals surface area contributed by atoms with Gasteiger partial charge in [-0.3, -0.25) is 10.1 Å². The van der Waals surface area contributed by atoms with Crippen molar-refractivity contribution in [3.63, 3.8) is 0 Å². The summed E-state index contributed by atoms with van der Waals surface area (Å²) in [5, 5.41) is 13.3. The molecule has 164 valence electrons. The molecule has 0 fully saturated rings. The van der Waals surface area contributed by atoms with Crippen molar-refractivity contribution in [1.82, 2.24) is 25.1 Å². The number of benzene rings is 1. The van der Waals surface area contributed by atoms with Gasteiger partial charge in [-0.05, 0) is 43.3 Å². The number of pyridine rings is 1. The highest BCUT2D eigenvalue weighted by molar-refractivity contribution is 5.67. The molecule has 3 aromatic heterocycles. The van der Waals surface area contributed by atoms with E-state index in [-0.39, 0.29) is 11.9 Å². The zero-order valence-corrected chi connectivity index (χ0v) is 17.8. The second-order valence-electron chi connectivity index (χ2n) is 6.91. The summed E-state index contributed by atoms with van der Waals surface area (Å²) in [7, 11) is 3.16. The lowest BCUT2D eigenvalue weighted by molar-refractivity contribution is 0.397. The smallest absolute Gasteiger partial charge is 0.234 e. The van der Waals surface area contributed by atoms with E-state index in [0.29, 0.717) is 34.9 Å². The lowest BCUT2D eigenvalue weighted by Crippen LogP contribution is -2.12. The Kier molecular flexibility index (Phi) is 6.11. The number of ether oxygens (including phenoxy) is 2. The van der Waals surface area contributed by atoms with Gasteiger partial charge in [0.1, 0.15) is 23.2 Å². The summed E-state index contributed by atoms with van der Waals surface area (Å²) >= 11 is 0. The normalized spacial score (nSPS) is 11.6. The Balaban J connectivity index is 1.66. The zero-order chi connectivity index (χ0) is 22.5. The first kappa shape index (κ1) is 21.0. The summed E-state index contributed by atoms with van der Waals surface area (Å²) in [6.07, 6.45) is 1.18. The topological polar surface area (TPSA) is 110 Å². The zero-order valence-electron chi connectivity index (χ0n) is 17.8. The van der Waals surface area contributed by atoms with E-state index >= 15 is 0 Å². The van der Waals surface area contributed by atoms with E-state index in [9.17, 15) is 4.39 Å². The largest absolute Gasteiger partial charge is 0.497 e. The minimum absolute atomic E-state index is 0.248. The molecule has 4 rings (SSSR count). The van der Waals surface area contributed by atoms with Crippen LogP contribution in [0, 0.1) is 5.82 Å². The van der Waals surface area contributed by atoms with Crippen LogP contribution in [-0.4, -0.2) is 39.4 Å². The standard InChI is InChI=1S/C22H22FN7O2/c1-13(17-9-6-15(23)12-24-17)25-22-26-18(14-4-7-16(31-2)8-5-14)10-19(28-22)27-20-11-21(32-3)30-29-20/h4-13H,1-3H3,(H3,25,26,27,28,29,30)/t13-/m0/s1. The number of aromatic nitrogens is 5. The van der Waals surface area contributed by atoms with Crippen molar-refractivity contribution < 1.29 is 13.9 Å². The van der Waals surface area contributed by atoms with Crippen LogP contribution in [0.3, 0.4) is 0 Å². The lowest BCUT2D eigenvalue weighted by atomic mass is 10.1. The summed E-state index contributed by atoms with van der Waals surface area (Å²) < 4.78 is 23.6. The molecule has 0 aliphatic carbocycles. The molecule has 4 aromatic rings. The minimum Gasteiger partial charge on any atom is -0.497 e. The fourth-order valence-corrected chi connectivity index (χ4v) is 3.01. The first-order valence-electron chi connectivity index (χ1n) is 9.82. The Morgan fingerprint density at radius 2 is 1.81 bits per heavy atom. The summed E-state index contributed by atoms with van der Waals surface area (Å²) in [6.45, 7) is 1.90. The maximum Gasteiger partial charge on any atom is 0.234 e. The molecule has 1 atom stereocenters. The molecule has 3 N–H and O–H groups in total. The number of aromatic amines is 1. The molecule has 0 aliphatic rings. The number of anilines is 3. The molecular weight excluding hydrogens is 413 g/mol. The molecule has 0 aliphatic heterocycles. The van der Waals surface area contributed by atoms with Gasteiger partial charge < -0.3 is 20.1 Å². The van der Waals surface area contributed by atoms with Crippen LogP contribution in [0.4, 0.5) is 22.0 Å². The van der Waals surface area contributed by atoms with Gasteiger partial charge in [0.25, 0.3) is 0 Å². The fraction of sp³-hybridized carbons (Fsp3) is 0.182. The average molecular weight is 435 g/mol. The highest BCUT2D eigenvalue weighted by Crippen LogP contribution is 2.27. The van der Waals surface area contributed by atoms with E-state index in [1.54, 1.807) is 26.4 Å². The number of H-pyrrole nitrogens is 1. The Bertz CT molecular complexity index is 1180. The van der Waals surface area contributed by atoms with Crippen molar-refractivity contribution in [3.8, 4) is 22.9 Å². The van der Waals surface area contributed by atoms with Crippen LogP contribution in [0.2, 0.25) is 0 Å². The maximum absolute atomic E-state index is 13.2. The molecule has 0 bridgehead atoms. The molecule has 0 amide bonds. The summed E-state index contributed by atoms with van der Waals surface area (Å²) in [5.41, 5.74) is 2.24. The van der Waals surface area contributed by atoms with Gasteiger partial charge in [0.15, 0.2) is 0 Å². The monoisotopic (exact) mass is 435 g/mol. The van der Waals surface area contributed by atoms with Crippen LogP contribution in [0.25, 0.3) is 11.3 Å². The van der Waals surface area contributed by atoms with Gasteiger partial charge in [-0.2, -0.15) is 4.98 Å². The Hall–Kier alpha value is -4.21. The van der Waals surface area contributed by atoms with Gasteiger partial charge in [0, 0.05) is 17.7 Å². The van der Waals surface area contributed by atoms with Gasteiger partial charge in [-0.1, -0.05) is 0 Å². The molecular formula is C22H22FN7O2. The van der Waals surface area contributed by atoms with Crippen LogP contribution in [0.15, 0.2) is 54.7 Å². The SMILES string of the molecule is COc1ccc(-c2cc(Nc3cc(OC)n[nH]3)nc(N[C@@H](C)c3ccc(F)cn3)n2)cc1. The number of methoxy groups -OCH3 is 2. The number of hydrogen-bond acceptors (Lipinski definition) is 8. The first-order valence-corrected chi connectivity index (χ1v) is 9.82. The number of halogens is 1.